The van der Waals surface area contributed by atoms with E-state index < -0.39 is 0 Å². The maximum absolute atomic E-state index is 13.4. The first-order valence-electron chi connectivity index (χ1n) is 10.4. The van der Waals surface area contributed by atoms with E-state index in [0.717, 1.165) is 39.8 Å². The van der Waals surface area contributed by atoms with E-state index in [1.54, 1.807) is 14.2 Å². The molecule has 0 N–H and O–H groups in total. The Morgan fingerprint density at radius 1 is 1.00 bits per heavy atom. The molecule has 4 rings (SSSR count). The van der Waals surface area contributed by atoms with Crippen molar-refractivity contribution in [3.63, 3.8) is 0 Å². The molecule has 4 nitrogen and oxygen atoms in total. The number of halogens is 1. The fourth-order valence-corrected chi connectivity index (χ4v) is 4.74. The molecule has 0 spiro atoms. The van der Waals surface area contributed by atoms with Crippen LogP contribution in [-0.4, -0.2) is 31.6 Å². The van der Waals surface area contributed by atoms with Crippen molar-refractivity contribution in [1.29, 1.82) is 0 Å². The van der Waals surface area contributed by atoms with Gasteiger partial charge in [-0.1, -0.05) is 58.4 Å². The van der Waals surface area contributed by atoms with Crippen LogP contribution >= 0.6 is 15.9 Å². The standard InChI is InChI=1S/C26H26BrNO3/c1-30-23-16-20-13-14-28(25(29)12-11-18-7-6-10-21(27)15-18)26(19-8-4-3-5-9-19)22(20)17-24(23)31-2/h3-10,15-17,26H,11-14H2,1-2H3. The molecule has 3 aromatic carbocycles. The van der Waals surface area contributed by atoms with Crippen molar-refractivity contribution < 1.29 is 14.3 Å². The van der Waals surface area contributed by atoms with Gasteiger partial charge in [0.2, 0.25) is 5.91 Å². The first-order chi connectivity index (χ1) is 15.1. The third-order valence-electron chi connectivity index (χ3n) is 5.83. The van der Waals surface area contributed by atoms with Crippen LogP contribution in [0.3, 0.4) is 0 Å². The highest BCUT2D eigenvalue weighted by Crippen LogP contribution is 2.41. The van der Waals surface area contributed by atoms with Gasteiger partial charge in [0, 0.05) is 17.4 Å². The van der Waals surface area contributed by atoms with Gasteiger partial charge in [-0.2, -0.15) is 0 Å². The molecule has 3 aromatic rings. The minimum Gasteiger partial charge on any atom is -0.493 e. The summed E-state index contributed by atoms with van der Waals surface area (Å²) in [5.74, 6) is 1.57. The molecule has 1 atom stereocenters. The van der Waals surface area contributed by atoms with E-state index in [2.05, 4.69) is 40.2 Å². The average molecular weight is 480 g/mol. The number of aryl methyl sites for hydroxylation is 1. The number of methoxy groups -OCH3 is 2. The fourth-order valence-electron chi connectivity index (χ4n) is 4.30. The summed E-state index contributed by atoms with van der Waals surface area (Å²) in [6.45, 7) is 0.680. The number of fused-ring (bicyclic) bond motifs is 1. The second kappa shape index (κ2) is 9.56. The molecular weight excluding hydrogens is 454 g/mol. The van der Waals surface area contributed by atoms with Crippen LogP contribution in [0.1, 0.15) is 34.7 Å². The Morgan fingerprint density at radius 3 is 2.45 bits per heavy atom. The van der Waals surface area contributed by atoms with E-state index in [9.17, 15) is 4.79 Å². The van der Waals surface area contributed by atoms with Gasteiger partial charge in [-0.15, -0.1) is 0 Å². The molecule has 0 saturated carbocycles. The molecule has 1 aliphatic heterocycles. The van der Waals surface area contributed by atoms with E-state index in [1.165, 1.54) is 5.56 Å². The Kier molecular flexibility index (Phi) is 6.62. The van der Waals surface area contributed by atoms with E-state index in [1.807, 2.05) is 47.4 Å². The number of nitrogens with zero attached hydrogens (tertiary/aromatic N) is 1. The average Bonchev–Trinajstić information content (AvgIpc) is 2.81. The third-order valence-corrected chi connectivity index (χ3v) is 6.32. The van der Waals surface area contributed by atoms with Crippen LogP contribution in [0.4, 0.5) is 0 Å². The van der Waals surface area contributed by atoms with Gasteiger partial charge in [-0.05, 0) is 59.4 Å². The quantitative estimate of drug-likeness (QED) is 0.463. The number of carbonyl (C=O) groups excluding carboxylic acids is 1. The predicted octanol–water partition coefficient (Wildman–Crippen LogP) is 5.57. The van der Waals surface area contributed by atoms with Crippen LogP contribution in [0.15, 0.2) is 71.2 Å². The van der Waals surface area contributed by atoms with E-state index in [0.29, 0.717) is 18.7 Å². The van der Waals surface area contributed by atoms with Crippen LogP contribution in [0.5, 0.6) is 11.5 Å². The van der Waals surface area contributed by atoms with Gasteiger partial charge in [0.15, 0.2) is 11.5 Å². The lowest BCUT2D eigenvalue weighted by atomic mass is 9.87. The van der Waals surface area contributed by atoms with Crippen molar-refractivity contribution >= 4 is 21.8 Å². The van der Waals surface area contributed by atoms with Crippen molar-refractivity contribution in [2.24, 2.45) is 0 Å². The van der Waals surface area contributed by atoms with Crippen LogP contribution in [-0.2, 0) is 17.6 Å². The second-order valence-electron chi connectivity index (χ2n) is 7.69. The summed E-state index contributed by atoms with van der Waals surface area (Å²) in [4.78, 5) is 15.4. The molecule has 1 unspecified atom stereocenters. The summed E-state index contributed by atoms with van der Waals surface area (Å²) < 4.78 is 12.1. The zero-order chi connectivity index (χ0) is 21.8. The summed E-state index contributed by atoms with van der Waals surface area (Å²) >= 11 is 3.51. The van der Waals surface area contributed by atoms with Crippen LogP contribution < -0.4 is 9.47 Å². The monoisotopic (exact) mass is 479 g/mol. The molecule has 1 amide bonds. The molecule has 1 aliphatic rings. The summed E-state index contributed by atoms with van der Waals surface area (Å²) in [5.41, 5.74) is 4.56. The summed E-state index contributed by atoms with van der Waals surface area (Å²) in [6, 6.07) is 22.3. The summed E-state index contributed by atoms with van der Waals surface area (Å²) in [6.07, 6.45) is 1.99. The first-order valence-corrected chi connectivity index (χ1v) is 11.2. The zero-order valence-electron chi connectivity index (χ0n) is 17.8. The number of hydrogen-bond acceptors (Lipinski definition) is 3. The molecule has 0 aliphatic carbocycles. The number of hydrogen-bond donors (Lipinski definition) is 0. The van der Waals surface area contributed by atoms with Crippen molar-refractivity contribution in [1.82, 2.24) is 4.90 Å². The van der Waals surface area contributed by atoms with Crippen molar-refractivity contribution in [2.75, 3.05) is 20.8 Å². The highest BCUT2D eigenvalue weighted by Gasteiger charge is 2.33. The molecule has 160 valence electrons. The minimum absolute atomic E-state index is 0.139. The normalized spacial score (nSPS) is 15.3. The Hall–Kier alpha value is -2.79. The fraction of sp³-hybridized carbons (Fsp3) is 0.269. The topological polar surface area (TPSA) is 38.8 Å². The molecular formula is C26H26BrNO3. The molecule has 0 bridgehead atoms. The number of benzene rings is 3. The highest BCUT2D eigenvalue weighted by atomic mass is 79.9. The zero-order valence-corrected chi connectivity index (χ0v) is 19.4. The number of carbonyl (C=O) groups is 1. The van der Waals surface area contributed by atoms with Gasteiger partial charge >= 0.3 is 0 Å². The number of ether oxygens (including phenoxy) is 2. The predicted molar refractivity (Wildman–Crippen MR) is 126 cm³/mol. The van der Waals surface area contributed by atoms with Crippen molar-refractivity contribution in [2.45, 2.75) is 25.3 Å². The molecule has 31 heavy (non-hydrogen) atoms. The van der Waals surface area contributed by atoms with Gasteiger partial charge in [0.05, 0.1) is 20.3 Å². The number of rotatable bonds is 6. The van der Waals surface area contributed by atoms with Gasteiger partial charge in [0.1, 0.15) is 0 Å². The maximum Gasteiger partial charge on any atom is 0.223 e. The van der Waals surface area contributed by atoms with Gasteiger partial charge in [0.25, 0.3) is 0 Å². The number of amides is 1. The lowest BCUT2D eigenvalue weighted by Crippen LogP contribution is -2.40. The Bertz CT molecular complexity index is 1070. The minimum atomic E-state index is -0.139. The molecule has 0 saturated heterocycles. The van der Waals surface area contributed by atoms with E-state index >= 15 is 0 Å². The van der Waals surface area contributed by atoms with Crippen LogP contribution in [0.2, 0.25) is 0 Å². The SMILES string of the molecule is COc1cc2c(cc1OC)C(c1ccccc1)N(C(=O)CCc1cccc(Br)c1)CC2. The second-order valence-corrected chi connectivity index (χ2v) is 8.60. The van der Waals surface area contributed by atoms with Crippen LogP contribution in [0.25, 0.3) is 0 Å². The first kappa shape index (κ1) is 21.4. The van der Waals surface area contributed by atoms with Crippen molar-refractivity contribution in [3.8, 4) is 11.5 Å². The lowest BCUT2D eigenvalue weighted by molar-refractivity contribution is -0.133. The van der Waals surface area contributed by atoms with Gasteiger partial charge < -0.3 is 14.4 Å². The molecule has 0 aromatic heterocycles. The largest absolute Gasteiger partial charge is 0.493 e. The van der Waals surface area contributed by atoms with Crippen molar-refractivity contribution in [3.05, 3.63) is 93.5 Å². The Labute approximate surface area is 191 Å². The molecule has 0 fully saturated rings. The lowest BCUT2D eigenvalue weighted by Gasteiger charge is -2.38. The van der Waals surface area contributed by atoms with Gasteiger partial charge in [-0.3, -0.25) is 4.79 Å². The van der Waals surface area contributed by atoms with E-state index in [-0.39, 0.29) is 11.9 Å². The summed E-state index contributed by atoms with van der Waals surface area (Å²) in [5, 5.41) is 0. The Balaban J connectivity index is 1.67. The van der Waals surface area contributed by atoms with E-state index in [4.69, 9.17) is 9.47 Å². The third kappa shape index (κ3) is 4.62. The molecule has 5 heteroatoms. The van der Waals surface area contributed by atoms with Gasteiger partial charge in [-0.25, -0.2) is 0 Å². The molecule has 1 heterocycles. The highest BCUT2D eigenvalue weighted by molar-refractivity contribution is 9.10. The smallest absolute Gasteiger partial charge is 0.223 e. The maximum atomic E-state index is 13.4. The Morgan fingerprint density at radius 2 is 1.74 bits per heavy atom. The summed E-state index contributed by atoms with van der Waals surface area (Å²) in [7, 11) is 3.30. The molecule has 0 radical (unpaired) electrons. The van der Waals surface area contributed by atoms with Crippen LogP contribution in [0, 0.1) is 0 Å².